The van der Waals surface area contributed by atoms with E-state index in [0.29, 0.717) is 0 Å². The van der Waals surface area contributed by atoms with E-state index in [0.717, 1.165) is 10.4 Å². The van der Waals surface area contributed by atoms with E-state index in [-0.39, 0.29) is 0 Å². The van der Waals surface area contributed by atoms with Gasteiger partial charge in [-0.1, -0.05) is 78.9 Å². The molecule has 148 valence electrons. The fraction of sp³-hybridized carbons (Fsp3) is 0.368. The van der Waals surface area contributed by atoms with Gasteiger partial charge in [-0.2, -0.15) is 0 Å². The Morgan fingerprint density at radius 1 is 0.704 bits per heavy atom. The molecule has 0 aliphatic rings. The van der Waals surface area contributed by atoms with Gasteiger partial charge in [0.2, 0.25) is 0 Å². The monoisotopic (exact) mass is 476 g/mol. The van der Waals surface area contributed by atoms with Gasteiger partial charge in [-0.05, 0) is 31.8 Å². The fourth-order valence-corrected chi connectivity index (χ4v) is 46.1. The summed E-state index contributed by atoms with van der Waals surface area (Å²) in [6, 6.07) is 19.4. The van der Waals surface area contributed by atoms with Crippen molar-refractivity contribution in [2.24, 2.45) is 0 Å². The average Bonchev–Trinajstić information content (AvgIpc) is 2.53. The third-order valence-corrected chi connectivity index (χ3v) is 37.3. The second-order valence-electron chi connectivity index (χ2n) is 8.31. The SMILES string of the molecule is C[Si](C)(c1ccccc1)C([Si](Cl)(Cl)c1ccccc1)(P(C)(C)=O)P(C)(C)=O. The van der Waals surface area contributed by atoms with Crippen LogP contribution in [-0.2, 0) is 9.13 Å². The van der Waals surface area contributed by atoms with Crippen LogP contribution < -0.4 is 10.4 Å². The predicted octanol–water partition coefficient (Wildman–Crippen LogP) is 5.45. The molecule has 0 aliphatic carbocycles. The summed E-state index contributed by atoms with van der Waals surface area (Å²) in [4.78, 5) is 0. The number of hydrogen-bond donors (Lipinski definition) is 0. The lowest BCUT2D eigenvalue weighted by Gasteiger charge is -2.55. The van der Waals surface area contributed by atoms with Gasteiger partial charge in [0.25, 0.3) is 6.69 Å². The summed E-state index contributed by atoms with van der Waals surface area (Å²) < 4.78 is 27.0. The highest BCUT2D eigenvalue weighted by atomic mass is 35.7. The first-order valence-electron chi connectivity index (χ1n) is 8.80. The van der Waals surface area contributed by atoms with Crippen LogP contribution >= 0.6 is 36.4 Å². The molecular formula is C19H28Cl2O2P2Si2. The Morgan fingerprint density at radius 3 is 1.37 bits per heavy atom. The van der Waals surface area contributed by atoms with Crippen molar-refractivity contribution in [3.63, 3.8) is 0 Å². The Kier molecular flexibility index (Phi) is 6.55. The van der Waals surface area contributed by atoms with Crippen LogP contribution in [0.5, 0.6) is 0 Å². The van der Waals surface area contributed by atoms with Crippen molar-refractivity contribution in [1.29, 1.82) is 0 Å². The number of benzene rings is 2. The third kappa shape index (κ3) is 3.63. The second kappa shape index (κ2) is 7.63. The molecule has 0 saturated carbocycles. The molecule has 2 aromatic carbocycles. The Hall–Kier alpha value is -0.0862. The molecule has 0 radical (unpaired) electrons. The Bertz CT molecular complexity index is 815. The molecule has 2 nitrogen and oxygen atoms in total. The highest BCUT2D eigenvalue weighted by molar-refractivity contribution is 7.95. The van der Waals surface area contributed by atoms with Crippen LogP contribution in [0.1, 0.15) is 0 Å². The van der Waals surface area contributed by atoms with Crippen LogP contribution in [0, 0.1) is 0 Å². The molecule has 0 heterocycles. The molecule has 0 atom stereocenters. The lowest BCUT2D eigenvalue weighted by Crippen LogP contribution is -2.74. The lowest BCUT2D eigenvalue weighted by molar-refractivity contribution is 0.570. The molecule has 0 saturated heterocycles. The zero-order valence-corrected chi connectivity index (χ0v) is 22.0. The van der Waals surface area contributed by atoms with E-state index in [2.05, 4.69) is 13.1 Å². The van der Waals surface area contributed by atoms with Crippen LogP contribution in [0.25, 0.3) is 0 Å². The molecule has 0 aromatic heterocycles. The van der Waals surface area contributed by atoms with Gasteiger partial charge in [-0.25, -0.2) is 0 Å². The van der Waals surface area contributed by atoms with Gasteiger partial charge in [-0.3, -0.25) is 0 Å². The Morgan fingerprint density at radius 2 is 1.04 bits per heavy atom. The van der Waals surface area contributed by atoms with E-state index in [1.54, 1.807) is 26.7 Å². The molecule has 0 N–H and O–H groups in total. The molecule has 2 rings (SSSR count). The van der Waals surface area contributed by atoms with Crippen molar-refractivity contribution >= 4 is 61.6 Å². The molecule has 0 aliphatic heterocycles. The quantitative estimate of drug-likeness (QED) is 0.315. The summed E-state index contributed by atoms with van der Waals surface area (Å²) in [6.07, 6.45) is 0. The summed E-state index contributed by atoms with van der Waals surface area (Å²) in [6.45, 7) is 7.66. The maximum Gasteiger partial charge on any atom is 0.298 e. The number of hydrogen-bond acceptors (Lipinski definition) is 2. The molecule has 0 amide bonds. The molecule has 0 unspecified atom stereocenters. The topological polar surface area (TPSA) is 34.1 Å². The van der Waals surface area contributed by atoms with Crippen LogP contribution in [0.4, 0.5) is 0 Å². The van der Waals surface area contributed by atoms with E-state index < -0.39 is 33.2 Å². The second-order valence-corrected chi connectivity index (χ2v) is 28.6. The normalized spacial score (nSPS) is 14.2. The van der Waals surface area contributed by atoms with Gasteiger partial charge >= 0.3 is 0 Å². The molecule has 0 fully saturated rings. The minimum absolute atomic E-state index is 0.776. The minimum atomic E-state index is -3.47. The molecule has 0 bridgehead atoms. The molecule has 8 heteroatoms. The van der Waals surface area contributed by atoms with Crippen molar-refractivity contribution in [3.05, 3.63) is 60.7 Å². The van der Waals surface area contributed by atoms with Crippen LogP contribution in [0.15, 0.2) is 60.7 Å². The fourth-order valence-electron chi connectivity index (χ4n) is 4.90. The van der Waals surface area contributed by atoms with Gasteiger partial charge in [0.15, 0.2) is 0 Å². The third-order valence-electron chi connectivity index (χ3n) is 5.50. The van der Waals surface area contributed by atoms with Gasteiger partial charge in [0.05, 0.1) is 18.4 Å². The standard InChI is InChI=1S/C19H28Cl2O2P2Si2/c1-24(2,22)19(25(3,4)23,26(5,6)17-13-9-7-10-14-17)27(20,21)18-15-11-8-12-16-18/h7-16H,1-6H3. The van der Waals surface area contributed by atoms with Gasteiger partial charge in [0, 0.05) is 0 Å². The first-order valence-corrected chi connectivity index (χ1v) is 21.0. The van der Waals surface area contributed by atoms with Crippen molar-refractivity contribution in [1.82, 2.24) is 0 Å². The Balaban J connectivity index is 3.02. The zero-order chi connectivity index (χ0) is 20.7. The summed E-state index contributed by atoms with van der Waals surface area (Å²) in [5.74, 6) is 0. The van der Waals surface area contributed by atoms with Crippen LogP contribution in [-0.4, -0.2) is 45.6 Å². The molecule has 27 heavy (non-hydrogen) atoms. The average molecular weight is 477 g/mol. The van der Waals surface area contributed by atoms with Crippen molar-refractivity contribution < 1.29 is 9.13 Å². The summed E-state index contributed by atoms with van der Waals surface area (Å²) >= 11 is 14.6. The zero-order valence-electron chi connectivity index (χ0n) is 16.7. The van der Waals surface area contributed by atoms with Crippen molar-refractivity contribution in [3.8, 4) is 0 Å². The smallest absolute Gasteiger partial charge is 0.298 e. The van der Waals surface area contributed by atoms with E-state index >= 15 is 0 Å². The summed E-state index contributed by atoms with van der Waals surface area (Å²) in [5.41, 5.74) is 0. The van der Waals surface area contributed by atoms with Crippen LogP contribution in [0.2, 0.25) is 13.1 Å². The van der Waals surface area contributed by atoms with E-state index in [1.165, 1.54) is 0 Å². The van der Waals surface area contributed by atoms with Gasteiger partial charge in [0.1, 0.15) is 8.07 Å². The maximum atomic E-state index is 14.1. The highest BCUT2D eigenvalue weighted by Gasteiger charge is 2.73. The summed E-state index contributed by atoms with van der Waals surface area (Å²) in [7, 11) is -8.69. The lowest BCUT2D eigenvalue weighted by atomic mass is 10.4. The highest BCUT2D eigenvalue weighted by Crippen LogP contribution is 2.77. The number of halogens is 2. The van der Waals surface area contributed by atoms with Crippen molar-refractivity contribution in [2.45, 2.75) is 17.2 Å². The van der Waals surface area contributed by atoms with E-state index in [4.69, 9.17) is 22.2 Å². The first-order chi connectivity index (χ1) is 12.2. The molecule has 2 aromatic rings. The molecule has 0 spiro atoms. The number of rotatable bonds is 6. The van der Waals surface area contributed by atoms with Crippen molar-refractivity contribution in [2.75, 3.05) is 26.7 Å². The van der Waals surface area contributed by atoms with E-state index in [9.17, 15) is 9.13 Å². The first kappa shape index (κ1) is 23.2. The largest absolute Gasteiger partial charge is 0.324 e. The minimum Gasteiger partial charge on any atom is -0.324 e. The molecular weight excluding hydrogens is 449 g/mol. The van der Waals surface area contributed by atoms with Gasteiger partial charge < -0.3 is 9.13 Å². The Labute approximate surface area is 174 Å². The van der Waals surface area contributed by atoms with Gasteiger partial charge in [-0.15, -0.1) is 22.2 Å². The predicted molar refractivity (Wildman–Crippen MR) is 129 cm³/mol. The van der Waals surface area contributed by atoms with Crippen LogP contribution in [0.3, 0.4) is 0 Å². The summed E-state index contributed by atoms with van der Waals surface area (Å²) in [5, 5.41) is 1.85. The van der Waals surface area contributed by atoms with E-state index in [1.807, 2.05) is 60.7 Å². The maximum absolute atomic E-state index is 14.1.